The Labute approximate surface area is 174 Å². The Morgan fingerprint density at radius 2 is 1.93 bits per heavy atom. The fourth-order valence-electron chi connectivity index (χ4n) is 2.96. The van der Waals surface area contributed by atoms with Crippen molar-refractivity contribution in [2.24, 2.45) is 0 Å². The first-order valence-corrected chi connectivity index (χ1v) is 9.28. The molecule has 0 saturated carbocycles. The maximum Gasteiger partial charge on any atom is 0.344 e. The molecular formula is C21H15ClN2O6. The zero-order chi connectivity index (χ0) is 21.3. The number of hydrogen-bond acceptors (Lipinski definition) is 7. The molecule has 2 heterocycles. The fraction of sp³-hybridized carbons (Fsp3) is 0.143. The molecule has 0 saturated heterocycles. The van der Waals surface area contributed by atoms with Gasteiger partial charge in [0, 0.05) is 22.5 Å². The van der Waals surface area contributed by atoms with Gasteiger partial charge in [-0.15, -0.1) is 0 Å². The van der Waals surface area contributed by atoms with Crippen molar-refractivity contribution in [2.45, 2.75) is 13.5 Å². The van der Waals surface area contributed by atoms with E-state index in [0.29, 0.717) is 27.3 Å². The minimum absolute atomic E-state index is 0.186. The van der Waals surface area contributed by atoms with Crippen LogP contribution in [0, 0.1) is 6.92 Å². The van der Waals surface area contributed by atoms with Crippen molar-refractivity contribution in [2.75, 3.05) is 6.61 Å². The molecular weight excluding hydrogens is 412 g/mol. The van der Waals surface area contributed by atoms with Crippen molar-refractivity contribution in [1.82, 2.24) is 9.97 Å². The van der Waals surface area contributed by atoms with Crippen molar-refractivity contribution in [3.8, 4) is 5.75 Å². The van der Waals surface area contributed by atoms with E-state index in [2.05, 4.69) is 9.97 Å². The molecule has 0 atom stereocenters. The molecule has 8 nitrogen and oxygen atoms in total. The number of ether oxygens (including phenoxy) is 2. The van der Waals surface area contributed by atoms with Crippen LogP contribution < -0.4 is 15.9 Å². The number of benzene rings is 2. The second kappa shape index (κ2) is 8.00. The van der Waals surface area contributed by atoms with Gasteiger partial charge in [-0.05, 0) is 42.8 Å². The monoisotopic (exact) mass is 426 g/mol. The highest BCUT2D eigenvalue weighted by atomic mass is 35.5. The standard InChI is InChI=1S/C21H15ClN2O6/c1-11-6-19(25)30-17-8-13(3-5-14(11)17)28-10-20(26)29-9-18-23-16-7-12(22)2-4-15(16)21(27)24-18/h2-8H,9-10H2,1H3,(H,23,24,27). The molecule has 4 aromatic rings. The molecule has 152 valence electrons. The second-order valence-electron chi connectivity index (χ2n) is 6.53. The Balaban J connectivity index is 1.41. The van der Waals surface area contributed by atoms with E-state index in [1.54, 1.807) is 37.3 Å². The molecule has 0 radical (unpaired) electrons. The van der Waals surface area contributed by atoms with E-state index in [1.165, 1.54) is 12.1 Å². The number of rotatable bonds is 5. The number of halogens is 1. The van der Waals surface area contributed by atoms with Gasteiger partial charge in [0.2, 0.25) is 0 Å². The van der Waals surface area contributed by atoms with Gasteiger partial charge in [-0.2, -0.15) is 0 Å². The number of nitrogens with zero attached hydrogens (tertiary/aromatic N) is 1. The maximum atomic E-state index is 12.1. The molecule has 0 aliphatic heterocycles. The van der Waals surface area contributed by atoms with E-state index in [-0.39, 0.29) is 24.6 Å². The van der Waals surface area contributed by atoms with Crippen molar-refractivity contribution >= 4 is 39.4 Å². The third kappa shape index (κ3) is 4.18. The van der Waals surface area contributed by atoms with E-state index in [1.807, 2.05) is 0 Å². The third-order valence-corrected chi connectivity index (χ3v) is 4.60. The highest BCUT2D eigenvalue weighted by Crippen LogP contribution is 2.22. The number of carbonyl (C=O) groups is 1. The lowest BCUT2D eigenvalue weighted by Gasteiger charge is -2.08. The Morgan fingerprint density at radius 3 is 2.77 bits per heavy atom. The molecule has 0 bridgehead atoms. The van der Waals surface area contributed by atoms with Crippen molar-refractivity contribution in [3.63, 3.8) is 0 Å². The summed E-state index contributed by atoms with van der Waals surface area (Å²) in [6, 6.07) is 11.1. The minimum Gasteiger partial charge on any atom is -0.482 e. The van der Waals surface area contributed by atoms with Crippen LogP contribution in [0.25, 0.3) is 21.9 Å². The van der Waals surface area contributed by atoms with Gasteiger partial charge in [-0.25, -0.2) is 14.6 Å². The summed E-state index contributed by atoms with van der Waals surface area (Å²) in [7, 11) is 0. The van der Waals surface area contributed by atoms with Crippen molar-refractivity contribution < 1.29 is 18.7 Å². The van der Waals surface area contributed by atoms with Crippen molar-refractivity contribution in [1.29, 1.82) is 0 Å². The minimum atomic E-state index is -0.658. The predicted molar refractivity (Wildman–Crippen MR) is 110 cm³/mol. The van der Waals surface area contributed by atoms with Crippen LogP contribution in [0.2, 0.25) is 5.02 Å². The summed E-state index contributed by atoms with van der Waals surface area (Å²) in [5, 5.41) is 1.60. The predicted octanol–water partition coefficient (Wildman–Crippen LogP) is 3.11. The number of aryl methyl sites for hydroxylation is 1. The first-order chi connectivity index (χ1) is 14.4. The Bertz CT molecular complexity index is 1390. The summed E-state index contributed by atoms with van der Waals surface area (Å²) in [6.45, 7) is 1.20. The average Bonchev–Trinajstić information content (AvgIpc) is 2.70. The lowest BCUT2D eigenvalue weighted by Crippen LogP contribution is -2.18. The van der Waals surface area contributed by atoms with Crippen LogP contribution in [-0.4, -0.2) is 22.5 Å². The molecule has 2 aromatic heterocycles. The molecule has 9 heteroatoms. The number of carbonyl (C=O) groups excluding carboxylic acids is 1. The topological polar surface area (TPSA) is 111 Å². The Kier molecular flexibility index (Phi) is 5.24. The average molecular weight is 427 g/mol. The van der Waals surface area contributed by atoms with Gasteiger partial charge in [0.1, 0.15) is 23.8 Å². The van der Waals surface area contributed by atoms with Gasteiger partial charge >= 0.3 is 11.6 Å². The zero-order valence-corrected chi connectivity index (χ0v) is 16.5. The number of H-pyrrole nitrogens is 1. The summed E-state index contributed by atoms with van der Waals surface area (Å²) in [4.78, 5) is 42.4. The molecule has 4 rings (SSSR count). The second-order valence-corrected chi connectivity index (χ2v) is 6.97. The molecule has 0 aliphatic rings. The molecule has 0 spiro atoms. The van der Waals surface area contributed by atoms with Gasteiger partial charge in [-0.1, -0.05) is 11.6 Å². The maximum absolute atomic E-state index is 12.1. The summed E-state index contributed by atoms with van der Waals surface area (Å²) in [6.07, 6.45) is 0. The zero-order valence-electron chi connectivity index (χ0n) is 15.7. The quantitative estimate of drug-likeness (QED) is 0.385. The first kappa shape index (κ1) is 19.7. The van der Waals surface area contributed by atoms with Crippen LogP contribution in [0.5, 0.6) is 5.75 Å². The summed E-state index contributed by atoms with van der Waals surface area (Å²) in [5.74, 6) is -0.124. The van der Waals surface area contributed by atoms with Crippen LogP contribution in [0.3, 0.4) is 0 Å². The summed E-state index contributed by atoms with van der Waals surface area (Å²) >= 11 is 5.93. The molecule has 0 unspecified atom stereocenters. The first-order valence-electron chi connectivity index (χ1n) is 8.90. The van der Waals surface area contributed by atoms with Crippen molar-refractivity contribution in [3.05, 3.63) is 79.6 Å². The molecule has 1 N–H and O–H groups in total. The van der Waals surface area contributed by atoms with Crippen LogP contribution in [0.4, 0.5) is 0 Å². The van der Waals surface area contributed by atoms with Gasteiger partial charge < -0.3 is 18.9 Å². The van der Waals surface area contributed by atoms with E-state index >= 15 is 0 Å². The number of hydrogen-bond donors (Lipinski definition) is 1. The van der Waals surface area contributed by atoms with E-state index in [4.69, 9.17) is 25.5 Å². The van der Waals surface area contributed by atoms with E-state index in [9.17, 15) is 14.4 Å². The lowest BCUT2D eigenvalue weighted by atomic mass is 10.1. The smallest absolute Gasteiger partial charge is 0.344 e. The number of nitrogens with one attached hydrogen (secondary N) is 1. The largest absolute Gasteiger partial charge is 0.482 e. The van der Waals surface area contributed by atoms with Crippen LogP contribution in [0.15, 0.2) is 56.5 Å². The molecule has 0 amide bonds. The van der Waals surface area contributed by atoms with Gasteiger partial charge in [0.15, 0.2) is 6.61 Å². The van der Waals surface area contributed by atoms with Gasteiger partial charge in [0.05, 0.1) is 10.9 Å². The number of aromatic amines is 1. The van der Waals surface area contributed by atoms with Crippen LogP contribution >= 0.6 is 11.6 Å². The molecule has 0 aliphatic carbocycles. The summed E-state index contributed by atoms with van der Waals surface area (Å²) < 4.78 is 15.7. The molecule has 2 aromatic carbocycles. The normalized spacial score (nSPS) is 11.0. The van der Waals surface area contributed by atoms with Crippen LogP contribution in [-0.2, 0) is 16.1 Å². The lowest BCUT2D eigenvalue weighted by molar-refractivity contribution is -0.147. The fourth-order valence-corrected chi connectivity index (χ4v) is 3.12. The number of aromatic nitrogens is 2. The number of esters is 1. The van der Waals surface area contributed by atoms with Crippen LogP contribution in [0.1, 0.15) is 11.4 Å². The Hall–Kier alpha value is -3.65. The van der Waals surface area contributed by atoms with E-state index < -0.39 is 11.6 Å². The summed E-state index contributed by atoms with van der Waals surface area (Å²) in [5.41, 5.74) is 0.732. The Morgan fingerprint density at radius 1 is 1.13 bits per heavy atom. The third-order valence-electron chi connectivity index (χ3n) is 4.37. The van der Waals surface area contributed by atoms with Gasteiger partial charge in [0.25, 0.3) is 5.56 Å². The van der Waals surface area contributed by atoms with Gasteiger partial charge in [-0.3, -0.25) is 4.79 Å². The SMILES string of the molecule is Cc1cc(=O)oc2cc(OCC(=O)OCc3nc4cc(Cl)ccc4c(=O)[nH]3)ccc12. The highest BCUT2D eigenvalue weighted by Gasteiger charge is 2.10. The number of fused-ring (bicyclic) bond motifs is 2. The highest BCUT2D eigenvalue weighted by molar-refractivity contribution is 6.31. The molecule has 30 heavy (non-hydrogen) atoms. The van der Waals surface area contributed by atoms with E-state index in [0.717, 1.165) is 10.9 Å². The molecule has 0 fully saturated rings.